The second kappa shape index (κ2) is 5.58. The lowest BCUT2D eigenvalue weighted by Crippen LogP contribution is -2.26. The van der Waals surface area contributed by atoms with Gasteiger partial charge in [-0.3, -0.25) is 0 Å². The van der Waals surface area contributed by atoms with Crippen molar-refractivity contribution in [1.82, 2.24) is 9.88 Å². The number of carbonyl (C=O) groups excluding carboxylic acids is 1. The first-order valence-corrected chi connectivity index (χ1v) is 5.58. The molecule has 0 radical (unpaired) electrons. The van der Waals surface area contributed by atoms with Crippen LogP contribution in [0.4, 0.5) is 4.79 Å². The summed E-state index contributed by atoms with van der Waals surface area (Å²) in [5.74, 6) is 0. The van der Waals surface area contributed by atoms with Crippen molar-refractivity contribution in [2.24, 2.45) is 7.05 Å². The Hall–Kier alpha value is -1.45. The predicted molar refractivity (Wildman–Crippen MR) is 63.6 cm³/mol. The van der Waals surface area contributed by atoms with Gasteiger partial charge in [0.2, 0.25) is 0 Å². The summed E-state index contributed by atoms with van der Waals surface area (Å²) in [6.07, 6.45) is 0.500. The van der Waals surface area contributed by atoms with E-state index in [1.165, 1.54) is 17.0 Å². The monoisotopic (exact) mass is 224 g/mol. The molecule has 0 saturated heterocycles. The molecule has 0 aromatic carbocycles. The summed E-state index contributed by atoms with van der Waals surface area (Å²) in [6, 6.07) is 2.15. The zero-order valence-corrected chi connectivity index (χ0v) is 10.5. The van der Waals surface area contributed by atoms with E-state index in [0.29, 0.717) is 13.2 Å². The maximum Gasteiger partial charge on any atom is 0.407 e. The van der Waals surface area contributed by atoms with Gasteiger partial charge in [0.1, 0.15) is 0 Å². The molecule has 0 fully saturated rings. The minimum atomic E-state index is -0.340. The van der Waals surface area contributed by atoms with Gasteiger partial charge in [0.25, 0.3) is 0 Å². The van der Waals surface area contributed by atoms with E-state index in [0.717, 1.165) is 6.42 Å². The first kappa shape index (κ1) is 12.6. The van der Waals surface area contributed by atoms with Crippen LogP contribution >= 0.6 is 0 Å². The van der Waals surface area contributed by atoms with Crippen LogP contribution in [0.25, 0.3) is 0 Å². The van der Waals surface area contributed by atoms with Crippen molar-refractivity contribution in [3.8, 4) is 0 Å². The number of rotatable bonds is 4. The Bertz CT molecular complexity index is 369. The van der Waals surface area contributed by atoms with Crippen molar-refractivity contribution >= 4 is 6.09 Å². The summed E-state index contributed by atoms with van der Waals surface area (Å²) in [7, 11) is 2.05. The molecule has 0 bridgehead atoms. The third kappa shape index (κ3) is 3.02. The molecule has 1 aromatic rings. The molecule has 4 heteroatoms. The van der Waals surface area contributed by atoms with Gasteiger partial charge < -0.3 is 14.6 Å². The van der Waals surface area contributed by atoms with E-state index < -0.39 is 0 Å². The van der Waals surface area contributed by atoms with Gasteiger partial charge in [-0.15, -0.1) is 0 Å². The Kier molecular flexibility index (Phi) is 4.40. The van der Waals surface area contributed by atoms with Crippen LogP contribution in [-0.4, -0.2) is 23.8 Å². The first-order chi connectivity index (χ1) is 7.56. The quantitative estimate of drug-likeness (QED) is 0.849. The maximum atomic E-state index is 11.1. The highest BCUT2D eigenvalue weighted by Gasteiger charge is 2.06. The van der Waals surface area contributed by atoms with Gasteiger partial charge in [-0.2, -0.15) is 0 Å². The Labute approximate surface area is 96.6 Å². The molecule has 0 spiro atoms. The van der Waals surface area contributed by atoms with Crippen LogP contribution in [0.3, 0.4) is 0 Å². The lowest BCUT2D eigenvalue weighted by molar-refractivity contribution is 0.152. The molecule has 1 amide bonds. The van der Waals surface area contributed by atoms with Crippen LogP contribution in [0.1, 0.15) is 23.9 Å². The number of carbonyl (C=O) groups is 1. The number of aromatic nitrogens is 1. The largest absolute Gasteiger partial charge is 0.450 e. The van der Waals surface area contributed by atoms with Crippen molar-refractivity contribution in [2.45, 2.75) is 27.2 Å². The normalized spacial score (nSPS) is 10.2. The van der Waals surface area contributed by atoms with Gasteiger partial charge >= 0.3 is 6.09 Å². The van der Waals surface area contributed by atoms with E-state index in [2.05, 4.69) is 29.8 Å². The summed E-state index contributed by atoms with van der Waals surface area (Å²) in [6.45, 7) is 6.99. The maximum absolute atomic E-state index is 11.1. The van der Waals surface area contributed by atoms with Gasteiger partial charge in [-0.1, -0.05) is 0 Å². The number of nitrogens with one attached hydrogen (secondary N) is 1. The number of hydrogen-bond donors (Lipinski definition) is 1. The smallest absolute Gasteiger partial charge is 0.407 e. The van der Waals surface area contributed by atoms with E-state index in [1.807, 2.05) is 7.05 Å². The highest BCUT2D eigenvalue weighted by atomic mass is 16.5. The minimum absolute atomic E-state index is 0.340. The van der Waals surface area contributed by atoms with E-state index >= 15 is 0 Å². The Balaban J connectivity index is 2.43. The molecule has 0 aliphatic rings. The molecular weight excluding hydrogens is 204 g/mol. The average molecular weight is 224 g/mol. The number of amides is 1. The van der Waals surface area contributed by atoms with Crippen molar-refractivity contribution < 1.29 is 9.53 Å². The fourth-order valence-electron chi connectivity index (χ4n) is 1.67. The topological polar surface area (TPSA) is 43.3 Å². The fourth-order valence-corrected chi connectivity index (χ4v) is 1.67. The third-order valence-corrected chi connectivity index (χ3v) is 2.82. The lowest BCUT2D eigenvalue weighted by atomic mass is 10.2. The molecule has 90 valence electrons. The van der Waals surface area contributed by atoms with Crippen LogP contribution in [-0.2, 0) is 18.2 Å². The summed E-state index contributed by atoms with van der Waals surface area (Å²) in [5.41, 5.74) is 3.77. The number of hydrogen-bond acceptors (Lipinski definition) is 2. The van der Waals surface area contributed by atoms with E-state index in [-0.39, 0.29) is 6.09 Å². The Morgan fingerprint density at radius 1 is 1.50 bits per heavy atom. The third-order valence-electron chi connectivity index (χ3n) is 2.82. The van der Waals surface area contributed by atoms with Gasteiger partial charge in [-0.05, 0) is 38.8 Å². The van der Waals surface area contributed by atoms with Crippen molar-refractivity contribution in [2.75, 3.05) is 13.2 Å². The number of alkyl carbamates (subject to hydrolysis) is 1. The van der Waals surface area contributed by atoms with Crippen molar-refractivity contribution in [3.63, 3.8) is 0 Å². The van der Waals surface area contributed by atoms with E-state index in [1.54, 1.807) is 6.92 Å². The van der Waals surface area contributed by atoms with Gasteiger partial charge in [0.15, 0.2) is 0 Å². The van der Waals surface area contributed by atoms with E-state index in [4.69, 9.17) is 4.74 Å². The van der Waals surface area contributed by atoms with Crippen LogP contribution in [0.15, 0.2) is 6.07 Å². The number of nitrogens with zero attached hydrogens (tertiary/aromatic N) is 1. The van der Waals surface area contributed by atoms with Crippen molar-refractivity contribution in [1.29, 1.82) is 0 Å². The van der Waals surface area contributed by atoms with Gasteiger partial charge in [0, 0.05) is 25.0 Å². The Morgan fingerprint density at radius 2 is 2.19 bits per heavy atom. The molecule has 16 heavy (non-hydrogen) atoms. The lowest BCUT2D eigenvalue weighted by Gasteiger charge is -2.05. The van der Waals surface area contributed by atoms with E-state index in [9.17, 15) is 4.79 Å². The summed E-state index contributed by atoms with van der Waals surface area (Å²) < 4.78 is 6.94. The number of ether oxygens (including phenoxy) is 1. The second-order valence-corrected chi connectivity index (χ2v) is 3.85. The highest BCUT2D eigenvalue weighted by molar-refractivity contribution is 5.67. The van der Waals surface area contributed by atoms with Crippen molar-refractivity contribution in [3.05, 3.63) is 23.0 Å². The molecule has 0 aliphatic heterocycles. The summed E-state index contributed by atoms with van der Waals surface area (Å²) in [4.78, 5) is 11.1. The zero-order chi connectivity index (χ0) is 12.1. The average Bonchev–Trinajstić information content (AvgIpc) is 2.47. The highest BCUT2D eigenvalue weighted by Crippen LogP contribution is 2.13. The molecule has 1 heterocycles. The SMILES string of the molecule is CCOC(=O)NCCc1cc(C)n(C)c1C. The van der Waals surface area contributed by atoms with Gasteiger partial charge in [0.05, 0.1) is 6.61 Å². The standard InChI is InChI=1S/C12H20N2O2/c1-5-16-12(15)13-7-6-11-8-9(2)14(4)10(11)3/h8H,5-7H2,1-4H3,(H,13,15). The summed E-state index contributed by atoms with van der Waals surface area (Å²) in [5, 5.41) is 2.72. The van der Waals surface area contributed by atoms with Gasteiger partial charge in [-0.25, -0.2) is 4.79 Å². The minimum Gasteiger partial charge on any atom is -0.450 e. The number of aryl methyl sites for hydroxylation is 1. The Morgan fingerprint density at radius 3 is 2.69 bits per heavy atom. The molecule has 1 rings (SSSR count). The predicted octanol–water partition coefficient (Wildman–Crippen LogP) is 1.93. The second-order valence-electron chi connectivity index (χ2n) is 3.85. The van der Waals surface area contributed by atoms with Crippen LogP contribution < -0.4 is 5.32 Å². The molecule has 1 aromatic heterocycles. The molecule has 0 aliphatic carbocycles. The van der Waals surface area contributed by atoms with Crippen LogP contribution in [0.2, 0.25) is 0 Å². The fraction of sp³-hybridized carbons (Fsp3) is 0.583. The van der Waals surface area contributed by atoms with Crippen LogP contribution in [0, 0.1) is 13.8 Å². The zero-order valence-electron chi connectivity index (χ0n) is 10.5. The molecule has 0 saturated carbocycles. The molecule has 0 unspecified atom stereocenters. The molecular formula is C12H20N2O2. The van der Waals surface area contributed by atoms with Crippen LogP contribution in [0.5, 0.6) is 0 Å². The molecule has 1 N–H and O–H groups in total. The molecule has 4 nitrogen and oxygen atoms in total. The summed E-state index contributed by atoms with van der Waals surface area (Å²) >= 11 is 0. The first-order valence-electron chi connectivity index (χ1n) is 5.58. The molecule has 0 atom stereocenters.